The molecule has 1 N–H and O–H groups in total. The van der Waals surface area contributed by atoms with Gasteiger partial charge in [-0.05, 0) is 43.2 Å². The summed E-state index contributed by atoms with van der Waals surface area (Å²) < 4.78 is 53.0. The van der Waals surface area contributed by atoms with Crippen LogP contribution in [0.15, 0.2) is 46.9 Å². The molecular formula is C22H26BrF2N3O4S. The summed E-state index contributed by atoms with van der Waals surface area (Å²) in [6, 6.07) is 9.38. The average molecular weight is 546 g/mol. The Balaban J connectivity index is 2.16. The van der Waals surface area contributed by atoms with E-state index in [1.165, 1.54) is 11.9 Å². The molecule has 7 nitrogen and oxygen atoms in total. The minimum Gasteiger partial charge on any atom is -0.357 e. The van der Waals surface area contributed by atoms with Crippen LogP contribution in [0, 0.1) is 11.6 Å². The predicted octanol–water partition coefficient (Wildman–Crippen LogP) is 3.44. The molecule has 0 radical (unpaired) electrons. The highest BCUT2D eigenvalue weighted by Crippen LogP contribution is 2.22. The largest absolute Gasteiger partial charge is 0.357 e. The molecule has 0 saturated carbocycles. The number of carbonyl (C=O) groups is 2. The Morgan fingerprint density at radius 2 is 1.82 bits per heavy atom. The first-order valence-corrected chi connectivity index (χ1v) is 12.8. The van der Waals surface area contributed by atoms with Crippen molar-refractivity contribution < 1.29 is 26.8 Å². The van der Waals surface area contributed by atoms with E-state index in [0.717, 1.165) is 38.8 Å². The Kier molecular flexibility index (Phi) is 9.35. The highest BCUT2D eigenvalue weighted by molar-refractivity contribution is 9.10. The summed E-state index contributed by atoms with van der Waals surface area (Å²) in [6.07, 6.45) is 1.01. The molecular weight excluding hydrogens is 520 g/mol. The van der Waals surface area contributed by atoms with Crippen LogP contribution in [-0.2, 0) is 26.2 Å². The molecule has 2 rings (SSSR count). The summed E-state index contributed by atoms with van der Waals surface area (Å²) in [7, 11) is -2.32. The fraction of sp³-hybridized carbons (Fsp3) is 0.364. The van der Waals surface area contributed by atoms with Crippen molar-refractivity contribution in [2.24, 2.45) is 0 Å². The van der Waals surface area contributed by atoms with Gasteiger partial charge >= 0.3 is 0 Å². The van der Waals surface area contributed by atoms with E-state index in [2.05, 4.69) is 21.2 Å². The zero-order valence-corrected chi connectivity index (χ0v) is 20.9. The minimum atomic E-state index is -3.80. The number of halogens is 3. The number of hydrogen-bond acceptors (Lipinski definition) is 4. The maximum atomic E-state index is 13.6. The molecule has 1 atom stereocenters. The Morgan fingerprint density at radius 1 is 1.12 bits per heavy atom. The maximum Gasteiger partial charge on any atom is 0.242 e. The first-order valence-electron chi connectivity index (χ1n) is 10.1. The SMILES string of the molecule is CNC(=O)[C@@H](C)N(Cc1cccc(Br)c1)C(=O)CCCN(c1ccc(F)c(F)c1)S(C)(=O)=O. The van der Waals surface area contributed by atoms with E-state index >= 15 is 0 Å². The van der Waals surface area contributed by atoms with Gasteiger partial charge in [-0.1, -0.05) is 28.1 Å². The fourth-order valence-corrected chi connectivity index (χ4v) is 4.67. The number of benzene rings is 2. The Bertz CT molecular complexity index is 1110. The summed E-state index contributed by atoms with van der Waals surface area (Å²) in [5.41, 5.74) is 0.779. The smallest absolute Gasteiger partial charge is 0.242 e. The van der Waals surface area contributed by atoms with Crippen LogP contribution >= 0.6 is 15.9 Å². The van der Waals surface area contributed by atoms with E-state index in [-0.39, 0.29) is 43.4 Å². The van der Waals surface area contributed by atoms with Crippen LogP contribution in [0.4, 0.5) is 14.5 Å². The van der Waals surface area contributed by atoms with Crippen LogP contribution in [0.25, 0.3) is 0 Å². The minimum absolute atomic E-state index is 0.0337. The number of hydrogen-bond donors (Lipinski definition) is 1. The number of anilines is 1. The van der Waals surface area contributed by atoms with Crippen molar-refractivity contribution in [1.82, 2.24) is 10.2 Å². The van der Waals surface area contributed by atoms with E-state index in [1.807, 2.05) is 24.3 Å². The van der Waals surface area contributed by atoms with E-state index in [0.29, 0.717) is 0 Å². The van der Waals surface area contributed by atoms with Crippen LogP contribution in [0.1, 0.15) is 25.3 Å². The van der Waals surface area contributed by atoms with Crippen molar-refractivity contribution in [1.29, 1.82) is 0 Å². The Morgan fingerprint density at radius 3 is 2.39 bits per heavy atom. The van der Waals surface area contributed by atoms with E-state index in [1.54, 1.807) is 6.92 Å². The van der Waals surface area contributed by atoms with E-state index < -0.39 is 27.7 Å². The van der Waals surface area contributed by atoms with Gasteiger partial charge in [0.05, 0.1) is 11.9 Å². The number of amides is 2. The third-order valence-electron chi connectivity index (χ3n) is 5.00. The predicted molar refractivity (Wildman–Crippen MR) is 126 cm³/mol. The average Bonchev–Trinajstić information content (AvgIpc) is 2.75. The Labute approximate surface area is 200 Å². The first kappa shape index (κ1) is 26.7. The van der Waals surface area contributed by atoms with Crippen molar-refractivity contribution >= 4 is 43.5 Å². The molecule has 0 aliphatic carbocycles. The number of nitrogens with zero attached hydrogens (tertiary/aromatic N) is 2. The summed E-state index contributed by atoms with van der Waals surface area (Å²) >= 11 is 3.38. The van der Waals surface area contributed by atoms with Gasteiger partial charge in [0.15, 0.2) is 11.6 Å². The Hall–Kier alpha value is -2.53. The second kappa shape index (κ2) is 11.6. The molecule has 0 fully saturated rings. The third-order valence-corrected chi connectivity index (χ3v) is 6.69. The van der Waals surface area contributed by atoms with Gasteiger partial charge in [0.2, 0.25) is 21.8 Å². The second-order valence-electron chi connectivity index (χ2n) is 7.48. The molecule has 2 aromatic carbocycles. The molecule has 0 aromatic heterocycles. The quantitative estimate of drug-likeness (QED) is 0.495. The van der Waals surface area contributed by atoms with Crippen molar-refractivity contribution in [3.05, 3.63) is 64.1 Å². The number of carbonyl (C=O) groups excluding carboxylic acids is 2. The topological polar surface area (TPSA) is 86.8 Å². The van der Waals surface area contributed by atoms with Gasteiger partial charge in [0, 0.05) is 37.1 Å². The van der Waals surface area contributed by atoms with Crippen molar-refractivity contribution in [2.75, 3.05) is 24.2 Å². The molecule has 0 heterocycles. The molecule has 0 unspecified atom stereocenters. The van der Waals surface area contributed by atoms with Gasteiger partial charge < -0.3 is 10.2 Å². The number of rotatable bonds is 10. The van der Waals surface area contributed by atoms with E-state index in [9.17, 15) is 26.8 Å². The molecule has 0 bridgehead atoms. The number of sulfonamides is 1. The van der Waals surface area contributed by atoms with Gasteiger partial charge in [0.1, 0.15) is 6.04 Å². The lowest BCUT2D eigenvalue weighted by molar-refractivity contribution is -0.140. The molecule has 180 valence electrons. The molecule has 0 saturated heterocycles. The lowest BCUT2D eigenvalue weighted by Gasteiger charge is -2.29. The van der Waals surface area contributed by atoms with Crippen molar-refractivity contribution in [3.8, 4) is 0 Å². The highest BCUT2D eigenvalue weighted by atomic mass is 79.9. The van der Waals surface area contributed by atoms with Crippen LogP contribution in [0.3, 0.4) is 0 Å². The second-order valence-corrected chi connectivity index (χ2v) is 10.3. The molecule has 2 amide bonds. The lowest BCUT2D eigenvalue weighted by atomic mass is 10.1. The summed E-state index contributed by atoms with van der Waals surface area (Å²) in [5, 5.41) is 2.53. The van der Waals surface area contributed by atoms with Crippen LogP contribution in [0.5, 0.6) is 0 Å². The summed E-state index contributed by atoms with van der Waals surface area (Å²) in [4.78, 5) is 26.6. The molecule has 11 heteroatoms. The monoisotopic (exact) mass is 545 g/mol. The van der Waals surface area contributed by atoms with Crippen molar-refractivity contribution in [3.63, 3.8) is 0 Å². The van der Waals surface area contributed by atoms with Gasteiger partial charge in [-0.3, -0.25) is 13.9 Å². The zero-order valence-electron chi connectivity index (χ0n) is 18.5. The van der Waals surface area contributed by atoms with Crippen LogP contribution in [0.2, 0.25) is 0 Å². The molecule has 0 spiro atoms. The van der Waals surface area contributed by atoms with Gasteiger partial charge in [-0.2, -0.15) is 0 Å². The summed E-state index contributed by atoms with van der Waals surface area (Å²) in [6.45, 7) is 1.68. The molecule has 2 aromatic rings. The highest BCUT2D eigenvalue weighted by Gasteiger charge is 2.26. The lowest BCUT2D eigenvalue weighted by Crippen LogP contribution is -2.46. The third kappa shape index (κ3) is 7.50. The number of likely N-dealkylation sites (N-methyl/N-ethyl adjacent to an activating group) is 1. The van der Waals surface area contributed by atoms with Gasteiger partial charge in [-0.15, -0.1) is 0 Å². The molecule has 33 heavy (non-hydrogen) atoms. The van der Waals surface area contributed by atoms with Crippen molar-refractivity contribution in [2.45, 2.75) is 32.4 Å². The summed E-state index contributed by atoms with van der Waals surface area (Å²) in [5.74, 6) is -2.94. The zero-order chi connectivity index (χ0) is 24.8. The van der Waals surface area contributed by atoms with Crippen LogP contribution < -0.4 is 9.62 Å². The normalized spacial score (nSPS) is 12.2. The van der Waals surface area contributed by atoms with E-state index in [4.69, 9.17) is 0 Å². The first-order chi connectivity index (χ1) is 15.4. The molecule has 0 aliphatic rings. The van der Waals surface area contributed by atoms with Crippen LogP contribution in [-0.4, -0.2) is 51.0 Å². The standard InChI is InChI=1S/C22H26BrF2N3O4S/c1-15(22(30)26-2)27(14-16-6-4-7-17(23)12-16)21(29)8-5-11-28(33(3,31)32)18-9-10-19(24)20(25)13-18/h4,6-7,9-10,12-13,15H,5,8,11,14H2,1-3H3,(H,26,30)/t15-/m1/s1. The number of nitrogens with one attached hydrogen (secondary N) is 1. The molecule has 0 aliphatic heterocycles. The fourth-order valence-electron chi connectivity index (χ4n) is 3.27. The maximum absolute atomic E-state index is 13.6. The van der Waals surface area contributed by atoms with Gasteiger partial charge in [0.25, 0.3) is 0 Å². The van der Waals surface area contributed by atoms with Gasteiger partial charge in [-0.25, -0.2) is 17.2 Å².